The molecule has 0 aliphatic carbocycles. The number of hydrogen-bond donors (Lipinski definition) is 2. The molecule has 0 saturated carbocycles. The Labute approximate surface area is 147 Å². The lowest BCUT2D eigenvalue weighted by molar-refractivity contribution is 0.328. The number of nitrogens with one attached hydrogen (secondary N) is 1. The van der Waals surface area contributed by atoms with Crippen LogP contribution in [0.5, 0.6) is 5.75 Å². The lowest BCUT2D eigenvalue weighted by Crippen LogP contribution is -2.10. The zero-order valence-electron chi connectivity index (χ0n) is 14.6. The lowest BCUT2D eigenvalue weighted by Gasteiger charge is -2.08. The highest BCUT2D eigenvalue weighted by molar-refractivity contribution is 6.12. The van der Waals surface area contributed by atoms with E-state index >= 15 is 0 Å². The Kier molecular flexibility index (Phi) is 5.31. The zero-order chi connectivity index (χ0) is 17.6. The molecule has 0 fully saturated rings. The van der Waals surface area contributed by atoms with Crippen molar-refractivity contribution < 1.29 is 4.74 Å². The largest absolute Gasteiger partial charge is 0.492 e. The van der Waals surface area contributed by atoms with Crippen LogP contribution in [0, 0.1) is 0 Å². The summed E-state index contributed by atoms with van der Waals surface area (Å²) in [6.45, 7) is 5.02. The second-order valence-corrected chi connectivity index (χ2v) is 5.42. The van der Waals surface area contributed by atoms with E-state index in [-0.39, 0.29) is 0 Å². The van der Waals surface area contributed by atoms with Crippen molar-refractivity contribution in [3.05, 3.63) is 60.8 Å². The predicted molar refractivity (Wildman–Crippen MR) is 105 cm³/mol. The Morgan fingerprint density at radius 2 is 1.88 bits per heavy atom. The van der Waals surface area contributed by atoms with Gasteiger partial charge in [0.1, 0.15) is 18.0 Å². The Hall–Kier alpha value is -2.85. The van der Waals surface area contributed by atoms with Gasteiger partial charge in [0.25, 0.3) is 0 Å². The van der Waals surface area contributed by atoms with E-state index in [4.69, 9.17) is 10.5 Å². The van der Waals surface area contributed by atoms with Gasteiger partial charge in [-0.3, -0.25) is 0 Å². The Bertz CT molecular complexity index is 975. The highest BCUT2D eigenvalue weighted by Gasteiger charge is 2.11. The number of H-pyrrole nitrogens is 1. The number of fused-ring (bicyclic) bond motifs is 3. The fourth-order valence-corrected chi connectivity index (χ4v) is 2.94. The number of para-hydroxylation sites is 1. The highest BCUT2D eigenvalue weighted by Crippen LogP contribution is 2.34. The number of nitrogens with two attached hydrogens (primary N) is 1. The maximum absolute atomic E-state index is 5.65. The summed E-state index contributed by atoms with van der Waals surface area (Å²) in [5.74, 6) is 0.831. The van der Waals surface area contributed by atoms with Gasteiger partial charge in [-0.05, 0) is 35.4 Å². The SMILES string of the molecule is CC.NCCOc1cccc(-c2ccnc3[nH]c4ccccc4c23)c1. The summed E-state index contributed by atoms with van der Waals surface area (Å²) in [6, 6.07) is 18.4. The van der Waals surface area contributed by atoms with Gasteiger partial charge in [-0.15, -0.1) is 0 Å². The molecule has 4 aromatic rings. The molecule has 4 rings (SSSR count). The third-order valence-electron chi connectivity index (χ3n) is 3.93. The Morgan fingerprint density at radius 1 is 1.04 bits per heavy atom. The number of nitrogens with zero attached hydrogens (tertiary/aromatic N) is 1. The number of benzene rings is 2. The number of rotatable bonds is 4. The van der Waals surface area contributed by atoms with Crippen LogP contribution in [-0.2, 0) is 0 Å². The normalized spacial score (nSPS) is 10.5. The average molecular weight is 333 g/mol. The van der Waals surface area contributed by atoms with Crippen LogP contribution in [0.3, 0.4) is 0 Å². The Morgan fingerprint density at radius 3 is 2.72 bits per heavy atom. The molecule has 25 heavy (non-hydrogen) atoms. The van der Waals surface area contributed by atoms with Crippen molar-refractivity contribution in [3.8, 4) is 16.9 Å². The number of pyridine rings is 1. The van der Waals surface area contributed by atoms with E-state index in [2.05, 4.69) is 28.2 Å². The minimum absolute atomic E-state index is 0.506. The van der Waals surface area contributed by atoms with Gasteiger partial charge in [-0.25, -0.2) is 4.98 Å². The third kappa shape index (κ3) is 3.35. The van der Waals surface area contributed by atoms with Gasteiger partial charge >= 0.3 is 0 Å². The maximum Gasteiger partial charge on any atom is 0.138 e. The second kappa shape index (κ2) is 7.81. The number of ether oxygens (including phenoxy) is 1. The molecule has 128 valence electrons. The van der Waals surface area contributed by atoms with Gasteiger partial charge < -0.3 is 15.5 Å². The van der Waals surface area contributed by atoms with Gasteiger partial charge in [-0.2, -0.15) is 0 Å². The zero-order valence-corrected chi connectivity index (χ0v) is 14.6. The van der Waals surface area contributed by atoms with Gasteiger partial charge in [0.15, 0.2) is 0 Å². The fraction of sp³-hybridized carbons (Fsp3) is 0.190. The molecule has 0 radical (unpaired) electrons. The number of aromatic nitrogens is 2. The van der Waals surface area contributed by atoms with Crippen LogP contribution < -0.4 is 10.5 Å². The van der Waals surface area contributed by atoms with E-state index in [1.54, 1.807) is 0 Å². The molecule has 0 bridgehead atoms. The number of aromatic amines is 1. The molecule has 0 atom stereocenters. The molecule has 0 spiro atoms. The summed E-state index contributed by atoms with van der Waals surface area (Å²) >= 11 is 0. The molecular weight excluding hydrogens is 310 g/mol. The molecule has 0 aliphatic heterocycles. The molecule has 2 aromatic carbocycles. The van der Waals surface area contributed by atoms with E-state index in [1.807, 2.05) is 56.4 Å². The summed E-state index contributed by atoms with van der Waals surface area (Å²) in [7, 11) is 0. The summed E-state index contributed by atoms with van der Waals surface area (Å²) in [5.41, 5.74) is 9.76. The molecule has 2 heterocycles. The van der Waals surface area contributed by atoms with E-state index in [9.17, 15) is 0 Å². The quantitative estimate of drug-likeness (QED) is 0.566. The first-order chi connectivity index (χ1) is 12.4. The summed E-state index contributed by atoms with van der Waals surface area (Å²) in [6.07, 6.45) is 1.83. The predicted octanol–water partition coefficient (Wildman–Crippen LogP) is 4.75. The van der Waals surface area contributed by atoms with Crippen LogP contribution in [-0.4, -0.2) is 23.1 Å². The summed E-state index contributed by atoms with van der Waals surface area (Å²) < 4.78 is 5.65. The molecular formula is C21H23N3O. The van der Waals surface area contributed by atoms with Gasteiger partial charge in [0, 0.05) is 29.0 Å². The summed E-state index contributed by atoms with van der Waals surface area (Å²) in [5, 5.41) is 2.32. The van der Waals surface area contributed by atoms with Crippen LogP contribution in [0.25, 0.3) is 33.1 Å². The van der Waals surface area contributed by atoms with Crippen molar-refractivity contribution in [2.45, 2.75) is 13.8 Å². The number of hydrogen-bond acceptors (Lipinski definition) is 3. The van der Waals surface area contributed by atoms with Gasteiger partial charge in [0.2, 0.25) is 0 Å². The van der Waals surface area contributed by atoms with Crippen molar-refractivity contribution in [1.82, 2.24) is 9.97 Å². The molecule has 0 aliphatic rings. The van der Waals surface area contributed by atoms with Crippen LogP contribution in [0.1, 0.15) is 13.8 Å². The smallest absolute Gasteiger partial charge is 0.138 e. The maximum atomic E-state index is 5.65. The lowest BCUT2D eigenvalue weighted by atomic mass is 10.0. The van der Waals surface area contributed by atoms with Crippen molar-refractivity contribution in [3.63, 3.8) is 0 Å². The third-order valence-corrected chi connectivity index (χ3v) is 3.93. The minimum Gasteiger partial charge on any atom is -0.492 e. The molecule has 0 amide bonds. The van der Waals surface area contributed by atoms with E-state index in [1.165, 1.54) is 5.39 Å². The fourth-order valence-electron chi connectivity index (χ4n) is 2.94. The molecule has 0 unspecified atom stereocenters. The topological polar surface area (TPSA) is 63.9 Å². The van der Waals surface area contributed by atoms with Crippen molar-refractivity contribution in [1.29, 1.82) is 0 Å². The van der Waals surface area contributed by atoms with Crippen molar-refractivity contribution >= 4 is 21.9 Å². The van der Waals surface area contributed by atoms with E-state index < -0.39 is 0 Å². The van der Waals surface area contributed by atoms with Crippen LogP contribution >= 0.6 is 0 Å². The molecule has 4 heteroatoms. The van der Waals surface area contributed by atoms with Crippen molar-refractivity contribution in [2.24, 2.45) is 5.73 Å². The van der Waals surface area contributed by atoms with Crippen LogP contribution in [0.2, 0.25) is 0 Å². The average Bonchev–Trinajstić information content (AvgIpc) is 3.07. The Balaban J connectivity index is 0.000000880. The summed E-state index contributed by atoms with van der Waals surface area (Å²) in [4.78, 5) is 7.85. The van der Waals surface area contributed by atoms with Crippen LogP contribution in [0.15, 0.2) is 60.8 Å². The van der Waals surface area contributed by atoms with Crippen LogP contribution in [0.4, 0.5) is 0 Å². The first-order valence-electron chi connectivity index (χ1n) is 8.65. The molecule has 3 N–H and O–H groups in total. The molecule has 2 aromatic heterocycles. The molecule has 4 nitrogen and oxygen atoms in total. The van der Waals surface area contributed by atoms with Gasteiger partial charge in [0.05, 0.1) is 0 Å². The monoisotopic (exact) mass is 333 g/mol. The first kappa shape index (κ1) is 17.0. The van der Waals surface area contributed by atoms with E-state index in [0.29, 0.717) is 13.2 Å². The van der Waals surface area contributed by atoms with Crippen molar-refractivity contribution in [2.75, 3.05) is 13.2 Å². The highest BCUT2D eigenvalue weighted by atomic mass is 16.5. The van der Waals surface area contributed by atoms with Gasteiger partial charge in [-0.1, -0.05) is 44.2 Å². The second-order valence-electron chi connectivity index (χ2n) is 5.42. The molecule has 0 saturated heterocycles. The van der Waals surface area contributed by atoms with E-state index in [0.717, 1.165) is 33.4 Å². The minimum atomic E-state index is 0.506. The first-order valence-corrected chi connectivity index (χ1v) is 8.65. The standard InChI is InChI=1S/C19H17N3O.C2H6/c20-9-11-23-14-5-3-4-13(12-14)15-8-10-21-19-18(15)16-6-1-2-7-17(16)22-19;1-2/h1-8,10,12H,9,11,20H2,(H,21,22);1-2H3.